The van der Waals surface area contributed by atoms with E-state index in [1.807, 2.05) is 6.92 Å². The van der Waals surface area contributed by atoms with Gasteiger partial charge in [-0.25, -0.2) is 8.42 Å². The Hall–Kier alpha value is -2.34. The number of sulfone groups is 1. The second-order valence-electron chi connectivity index (χ2n) is 7.54. The second-order valence-corrected chi connectivity index (χ2v) is 9.65. The van der Waals surface area contributed by atoms with Crippen LogP contribution in [0.2, 0.25) is 0 Å². The monoisotopic (exact) mass is 400 g/mol. The minimum Gasteiger partial charge on any atom is -0.368 e. The van der Waals surface area contributed by atoms with Crippen molar-refractivity contribution in [1.82, 2.24) is 4.90 Å². The van der Waals surface area contributed by atoms with Crippen molar-refractivity contribution in [2.45, 2.75) is 32.1 Å². The number of rotatable bonds is 5. The third-order valence-electron chi connectivity index (χ3n) is 5.30. The van der Waals surface area contributed by atoms with Crippen molar-refractivity contribution in [3.63, 3.8) is 0 Å². The number of nitrogens with zero attached hydrogens (tertiary/aromatic N) is 2. The highest BCUT2D eigenvalue weighted by molar-refractivity contribution is 7.91. The Morgan fingerprint density at radius 3 is 2.14 bits per heavy atom. The summed E-state index contributed by atoms with van der Waals surface area (Å²) in [6.45, 7) is 8.87. The van der Waals surface area contributed by atoms with Gasteiger partial charge in [0.05, 0.1) is 10.6 Å². The van der Waals surface area contributed by atoms with Gasteiger partial charge in [0.25, 0.3) is 0 Å². The molecule has 1 aliphatic rings. The summed E-state index contributed by atoms with van der Waals surface area (Å²) in [4.78, 5) is 16.9. The van der Waals surface area contributed by atoms with Gasteiger partial charge < -0.3 is 9.80 Å². The van der Waals surface area contributed by atoms with E-state index in [2.05, 4.69) is 36.9 Å². The molecule has 0 aliphatic carbocycles. The summed E-state index contributed by atoms with van der Waals surface area (Å²) in [5.41, 5.74) is 4.68. The molecule has 0 bridgehead atoms. The van der Waals surface area contributed by atoms with E-state index in [0.29, 0.717) is 13.1 Å². The van der Waals surface area contributed by atoms with Crippen LogP contribution in [0.1, 0.15) is 23.1 Å². The smallest absolute Gasteiger partial charge is 0.223 e. The largest absolute Gasteiger partial charge is 0.368 e. The molecule has 0 radical (unpaired) electrons. The number of hydrogen-bond donors (Lipinski definition) is 0. The van der Waals surface area contributed by atoms with Gasteiger partial charge >= 0.3 is 0 Å². The lowest BCUT2D eigenvalue weighted by molar-refractivity contribution is -0.131. The molecule has 5 nitrogen and oxygen atoms in total. The van der Waals surface area contributed by atoms with E-state index in [1.165, 1.54) is 16.8 Å². The molecule has 6 heteroatoms. The van der Waals surface area contributed by atoms with Crippen molar-refractivity contribution in [2.75, 3.05) is 36.8 Å². The first-order chi connectivity index (χ1) is 13.3. The minimum atomic E-state index is -3.43. The molecule has 0 saturated carbocycles. The Balaban J connectivity index is 1.55. The van der Waals surface area contributed by atoms with Crippen LogP contribution in [0.3, 0.4) is 0 Å². The number of piperazine rings is 1. The van der Waals surface area contributed by atoms with Crippen LogP contribution in [-0.4, -0.2) is 51.2 Å². The van der Waals surface area contributed by atoms with E-state index in [0.717, 1.165) is 18.7 Å². The van der Waals surface area contributed by atoms with Crippen LogP contribution in [0, 0.1) is 20.8 Å². The SMILES string of the molecule is Cc1ccc(S(=O)(=O)CCC(=O)N2CCN(c3cc(C)ccc3C)CC2)cc1. The summed E-state index contributed by atoms with van der Waals surface area (Å²) < 4.78 is 24.9. The summed E-state index contributed by atoms with van der Waals surface area (Å²) in [5, 5.41) is 0. The molecule has 2 aromatic carbocycles. The van der Waals surface area contributed by atoms with Gasteiger partial charge in [0.1, 0.15) is 0 Å². The lowest BCUT2D eigenvalue weighted by Gasteiger charge is -2.37. The van der Waals surface area contributed by atoms with Gasteiger partial charge in [-0.1, -0.05) is 29.8 Å². The van der Waals surface area contributed by atoms with Gasteiger partial charge in [-0.15, -0.1) is 0 Å². The molecular weight excluding hydrogens is 372 g/mol. The molecule has 1 fully saturated rings. The zero-order valence-corrected chi connectivity index (χ0v) is 17.6. The first-order valence-corrected chi connectivity index (χ1v) is 11.3. The standard InChI is InChI=1S/C22H28N2O3S/c1-17-5-8-20(9-6-17)28(26,27)15-10-22(25)24-13-11-23(12-14-24)21-16-18(2)4-7-19(21)3/h4-9,16H,10-15H2,1-3H3. The number of hydrogen-bond acceptors (Lipinski definition) is 4. The molecule has 1 heterocycles. The van der Waals surface area contributed by atoms with Gasteiger partial charge in [-0.3, -0.25) is 4.79 Å². The molecule has 0 N–H and O–H groups in total. The molecule has 3 rings (SSSR count). The highest BCUT2D eigenvalue weighted by atomic mass is 32.2. The lowest BCUT2D eigenvalue weighted by Crippen LogP contribution is -2.49. The highest BCUT2D eigenvalue weighted by Gasteiger charge is 2.24. The fraction of sp³-hybridized carbons (Fsp3) is 0.409. The minimum absolute atomic E-state index is 0.0275. The molecule has 1 aliphatic heterocycles. The maximum Gasteiger partial charge on any atom is 0.223 e. The van der Waals surface area contributed by atoms with Gasteiger partial charge in [0.2, 0.25) is 5.91 Å². The fourth-order valence-corrected chi connectivity index (χ4v) is 4.73. The fourth-order valence-electron chi connectivity index (χ4n) is 3.50. The van der Waals surface area contributed by atoms with Crippen LogP contribution < -0.4 is 4.90 Å². The molecule has 1 saturated heterocycles. The summed E-state index contributed by atoms with van der Waals surface area (Å²) in [5.74, 6) is -0.233. The molecule has 0 spiro atoms. The average Bonchev–Trinajstić information content (AvgIpc) is 2.68. The van der Waals surface area contributed by atoms with E-state index < -0.39 is 9.84 Å². The van der Waals surface area contributed by atoms with Crippen LogP contribution >= 0.6 is 0 Å². The van der Waals surface area contributed by atoms with Crippen molar-refractivity contribution in [2.24, 2.45) is 0 Å². The van der Waals surface area contributed by atoms with E-state index in [4.69, 9.17) is 0 Å². The van der Waals surface area contributed by atoms with Crippen molar-refractivity contribution in [3.05, 3.63) is 59.2 Å². The van der Waals surface area contributed by atoms with Crippen molar-refractivity contribution in [1.29, 1.82) is 0 Å². The normalized spacial score (nSPS) is 15.0. The third-order valence-corrected chi connectivity index (χ3v) is 7.03. The van der Waals surface area contributed by atoms with Crippen LogP contribution in [0.5, 0.6) is 0 Å². The highest BCUT2D eigenvalue weighted by Crippen LogP contribution is 2.23. The van der Waals surface area contributed by atoms with E-state index in [-0.39, 0.29) is 23.0 Å². The second kappa shape index (κ2) is 8.35. The molecule has 150 valence electrons. The zero-order valence-electron chi connectivity index (χ0n) is 16.8. The molecule has 0 aromatic heterocycles. The Labute approximate surface area is 167 Å². The number of benzene rings is 2. The number of carbonyl (C=O) groups is 1. The maximum atomic E-state index is 12.5. The van der Waals surface area contributed by atoms with E-state index in [9.17, 15) is 13.2 Å². The van der Waals surface area contributed by atoms with Gasteiger partial charge in [0.15, 0.2) is 9.84 Å². The quantitative estimate of drug-likeness (QED) is 0.774. The zero-order chi connectivity index (χ0) is 20.3. The van der Waals surface area contributed by atoms with Crippen molar-refractivity contribution >= 4 is 21.4 Å². The summed E-state index contributed by atoms with van der Waals surface area (Å²) in [6, 6.07) is 13.2. The average molecular weight is 401 g/mol. The molecule has 0 atom stereocenters. The molecule has 28 heavy (non-hydrogen) atoms. The van der Waals surface area contributed by atoms with Crippen LogP contribution in [0.4, 0.5) is 5.69 Å². The summed E-state index contributed by atoms with van der Waals surface area (Å²) in [7, 11) is -3.43. The third kappa shape index (κ3) is 4.73. The van der Waals surface area contributed by atoms with Crippen molar-refractivity contribution in [3.8, 4) is 0 Å². The lowest BCUT2D eigenvalue weighted by atomic mass is 10.1. The molecule has 2 aromatic rings. The Kier molecular flexibility index (Phi) is 6.08. The molecule has 1 amide bonds. The predicted octanol–water partition coefficient (Wildman–Crippen LogP) is 3.12. The number of carbonyl (C=O) groups excluding carboxylic acids is 1. The first-order valence-electron chi connectivity index (χ1n) is 9.66. The Morgan fingerprint density at radius 1 is 0.893 bits per heavy atom. The van der Waals surface area contributed by atoms with Crippen LogP contribution in [-0.2, 0) is 14.6 Å². The number of anilines is 1. The predicted molar refractivity (Wildman–Crippen MR) is 113 cm³/mol. The molecule has 0 unspecified atom stereocenters. The van der Waals surface area contributed by atoms with E-state index >= 15 is 0 Å². The van der Waals surface area contributed by atoms with Gasteiger partial charge in [-0.2, -0.15) is 0 Å². The van der Waals surface area contributed by atoms with Crippen molar-refractivity contribution < 1.29 is 13.2 Å². The first kappa shape index (κ1) is 20.4. The Morgan fingerprint density at radius 2 is 1.50 bits per heavy atom. The van der Waals surface area contributed by atoms with E-state index in [1.54, 1.807) is 29.2 Å². The summed E-state index contributed by atoms with van der Waals surface area (Å²) in [6.07, 6.45) is 0.0275. The number of aryl methyl sites for hydroxylation is 3. The Bertz CT molecular complexity index is 944. The number of amides is 1. The topological polar surface area (TPSA) is 57.7 Å². The van der Waals surface area contributed by atoms with Crippen LogP contribution in [0.25, 0.3) is 0 Å². The molecular formula is C22H28N2O3S. The van der Waals surface area contributed by atoms with Gasteiger partial charge in [-0.05, 0) is 50.1 Å². The summed E-state index contributed by atoms with van der Waals surface area (Å²) >= 11 is 0. The maximum absolute atomic E-state index is 12.5. The van der Waals surface area contributed by atoms with Gasteiger partial charge in [0, 0.05) is 38.3 Å². The van der Waals surface area contributed by atoms with Crippen LogP contribution in [0.15, 0.2) is 47.4 Å².